The number of carbonyl (C=O) groups is 1. The van der Waals surface area contributed by atoms with Crippen LogP contribution in [0.1, 0.15) is 36.0 Å². The van der Waals surface area contributed by atoms with E-state index in [2.05, 4.69) is 30.8 Å². The van der Waals surface area contributed by atoms with Crippen molar-refractivity contribution in [2.24, 2.45) is 0 Å². The highest BCUT2D eigenvalue weighted by atomic mass is 32.2. The van der Waals surface area contributed by atoms with Crippen LogP contribution >= 0.6 is 11.3 Å². The monoisotopic (exact) mass is 508 g/mol. The van der Waals surface area contributed by atoms with E-state index in [1.165, 1.54) is 11.3 Å². The lowest BCUT2D eigenvalue weighted by Gasteiger charge is -2.19. The number of thiophene rings is 1. The summed E-state index contributed by atoms with van der Waals surface area (Å²) in [6, 6.07) is 21.7. The topological polar surface area (TPSA) is 95.5 Å². The molecule has 0 fully saturated rings. The van der Waals surface area contributed by atoms with E-state index in [-0.39, 0.29) is 29.4 Å². The lowest BCUT2D eigenvalue weighted by molar-refractivity contribution is 0.0949. The standard InChI is InChI=1S/C27H28N2O4S2/c1-27(2,3)19-9-12-21(13-10-19)35(32,33)29-20-11-14-23-22(17-20)24(18-7-5-4-6-8-18)25(34-23)26(31)28-15-16-30/h4-14,17,29-30H,15-16H2,1-3H3,(H,28,31). The first-order chi connectivity index (χ1) is 16.6. The maximum atomic E-state index is 13.1. The van der Waals surface area contributed by atoms with E-state index < -0.39 is 10.0 Å². The Bertz CT molecular complexity index is 1450. The molecule has 1 aromatic heterocycles. The van der Waals surface area contributed by atoms with Gasteiger partial charge in [0.05, 0.1) is 11.5 Å². The summed E-state index contributed by atoms with van der Waals surface area (Å²) in [5.41, 5.74) is 2.97. The first-order valence-electron chi connectivity index (χ1n) is 11.2. The number of benzene rings is 3. The van der Waals surface area contributed by atoms with Crippen LogP contribution in [0.5, 0.6) is 0 Å². The van der Waals surface area contributed by atoms with E-state index in [0.717, 1.165) is 26.8 Å². The van der Waals surface area contributed by atoms with Crippen molar-refractivity contribution in [3.8, 4) is 11.1 Å². The third-order valence-electron chi connectivity index (χ3n) is 5.64. The normalized spacial score (nSPS) is 12.0. The van der Waals surface area contributed by atoms with Gasteiger partial charge in [0.25, 0.3) is 15.9 Å². The predicted molar refractivity (Wildman–Crippen MR) is 143 cm³/mol. The molecular weight excluding hydrogens is 480 g/mol. The summed E-state index contributed by atoms with van der Waals surface area (Å²) >= 11 is 1.33. The van der Waals surface area contributed by atoms with E-state index in [0.29, 0.717) is 10.6 Å². The Hall–Kier alpha value is -3.20. The van der Waals surface area contributed by atoms with Crippen LogP contribution in [-0.2, 0) is 15.4 Å². The molecule has 3 N–H and O–H groups in total. The van der Waals surface area contributed by atoms with Gasteiger partial charge in [0.2, 0.25) is 0 Å². The number of fused-ring (bicyclic) bond motifs is 1. The molecule has 0 radical (unpaired) electrons. The highest BCUT2D eigenvalue weighted by Gasteiger charge is 2.22. The summed E-state index contributed by atoms with van der Waals surface area (Å²) in [5, 5.41) is 12.6. The minimum Gasteiger partial charge on any atom is -0.395 e. The van der Waals surface area contributed by atoms with Crippen molar-refractivity contribution in [1.82, 2.24) is 5.32 Å². The second-order valence-electron chi connectivity index (χ2n) is 9.24. The SMILES string of the molecule is CC(C)(C)c1ccc(S(=O)(=O)Nc2ccc3sc(C(=O)NCCO)c(-c4ccccc4)c3c2)cc1. The zero-order valence-electron chi connectivity index (χ0n) is 19.8. The molecule has 0 unspecified atom stereocenters. The van der Waals surface area contributed by atoms with Gasteiger partial charge in [-0.1, -0.05) is 63.2 Å². The first-order valence-corrected chi connectivity index (χ1v) is 13.5. The molecule has 0 saturated heterocycles. The molecule has 0 saturated carbocycles. The van der Waals surface area contributed by atoms with Gasteiger partial charge in [-0.05, 0) is 46.9 Å². The van der Waals surface area contributed by atoms with Gasteiger partial charge in [0, 0.05) is 27.9 Å². The smallest absolute Gasteiger partial charge is 0.262 e. The summed E-state index contributed by atoms with van der Waals surface area (Å²) in [7, 11) is -3.80. The molecule has 0 aliphatic carbocycles. The summed E-state index contributed by atoms with van der Waals surface area (Å²) in [6.45, 7) is 6.23. The van der Waals surface area contributed by atoms with Gasteiger partial charge in [-0.15, -0.1) is 11.3 Å². The molecule has 4 aromatic rings. The Kier molecular flexibility index (Phi) is 6.98. The highest BCUT2D eigenvalue weighted by molar-refractivity contribution is 7.92. The molecule has 0 spiro atoms. The van der Waals surface area contributed by atoms with E-state index in [9.17, 15) is 13.2 Å². The van der Waals surface area contributed by atoms with Crippen LogP contribution in [0, 0.1) is 0 Å². The Morgan fingerprint density at radius 2 is 1.66 bits per heavy atom. The van der Waals surface area contributed by atoms with Crippen molar-refractivity contribution in [2.75, 3.05) is 17.9 Å². The van der Waals surface area contributed by atoms with Crippen LogP contribution in [0.25, 0.3) is 21.2 Å². The third kappa shape index (κ3) is 5.40. The van der Waals surface area contributed by atoms with E-state index >= 15 is 0 Å². The van der Waals surface area contributed by atoms with E-state index in [1.807, 2.05) is 48.5 Å². The summed E-state index contributed by atoms with van der Waals surface area (Å²) in [5.74, 6) is -0.278. The van der Waals surface area contributed by atoms with Crippen molar-refractivity contribution in [3.05, 3.63) is 83.2 Å². The number of sulfonamides is 1. The van der Waals surface area contributed by atoms with Gasteiger partial charge < -0.3 is 10.4 Å². The quantitative estimate of drug-likeness (QED) is 0.312. The fourth-order valence-corrected chi connectivity index (χ4v) is 5.98. The lowest BCUT2D eigenvalue weighted by atomic mass is 9.87. The van der Waals surface area contributed by atoms with Crippen LogP contribution in [0.4, 0.5) is 5.69 Å². The van der Waals surface area contributed by atoms with Crippen molar-refractivity contribution >= 4 is 43.0 Å². The molecule has 35 heavy (non-hydrogen) atoms. The largest absolute Gasteiger partial charge is 0.395 e. The average Bonchev–Trinajstić information content (AvgIpc) is 3.21. The number of aliphatic hydroxyl groups excluding tert-OH is 1. The fraction of sp³-hybridized carbons (Fsp3) is 0.222. The Morgan fingerprint density at radius 3 is 2.29 bits per heavy atom. The molecule has 0 atom stereocenters. The molecule has 4 rings (SSSR count). The van der Waals surface area contributed by atoms with Gasteiger partial charge in [-0.25, -0.2) is 8.42 Å². The van der Waals surface area contributed by atoms with Crippen molar-refractivity contribution in [3.63, 3.8) is 0 Å². The average molecular weight is 509 g/mol. The number of carbonyl (C=O) groups excluding carboxylic acids is 1. The number of rotatable bonds is 7. The van der Waals surface area contributed by atoms with Gasteiger partial charge in [0.15, 0.2) is 0 Å². The molecular formula is C27H28N2O4S2. The van der Waals surface area contributed by atoms with Crippen molar-refractivity contribution < 1.29 is 18.3 Å². The minimum absolute atomic E-state index is 0.0747. The lowest BCUT2D eigenvalue weighted by Crippen LogP contribution is -2.25. The summed E-state index contributed by atoms with van der Waals surface area (Å²) in [4.78, 5) is 13.5. The molecule has 0 aliphatic heterocycles. The van der Waals surface area contributed by atoms with Gasteiger partial charge in [-0.3, -0.25) is 9.52 Å². The maximum Gasteiger partial charge on any atom is 0.262 e. The Balaban J connectivity index is 1.74. The molecule has 3 aromatic carbocycles. The van der Waals surface area contributed by atoms with Crippen LogP contribution in [0.2, 0.25) is 0 Å². The Labute approximate surface area is 209 Å². The third-order valence-corrected chi connectivity index (χ3v) is 8.20. The van der Waals surface area contributed by atoms with Crippen LogP contribution in [0.15, 0.2) is 77.7 Å². The maximum absolute atomic E-state index is 13.1. The number of hydrogen-bond donors (Lipinski definition) is 3. The van der Waals surface area contributed by atoms with Gasteiger partial charge in [-0.2, -0.15) is 0 Å². The number of aliphatic hydroxyl groups is 1. The second kappa shape index (κ2) is 9.81. The van der Waals surface area contributed by atoms with E-state index in [4.69, 9.17) is 5.11 Å². The van der Waals surface area contributed by atoms with Crippen LogP contribution in [-0.4, -0.2) is 32.6 Å². The number of nitrogens with one attached hydrogen (secondary N) is 2. The second-order valence-corrected chi connectivity index (χ2v) is 12.0. The van der Waals surface area contributed by atoms with Gasteiger partial charge in [0.1, 0.15) is 4.88 Å². The van der Waals surface area contributed by atoms with Crippen LogP contribution < -0.4 is 10.0 Å². The highest BCUT2D eigenvalue weighted by Crippen LogP contribution is 2.40. The fourth-order valence-electron chi connectivity index (χ4n) is 3.81. The zero-order valence-corrected chi connectivity index (χ0v) is 21.5. The Morgan fingerprint density at radius 1 is 0.971 bits per heavy atom. The molecule has 0 bridgehead atoms. The van der Waals surface area contributed by atoms with Crippen LogP contribution in [0.3, 0.4) is 0 Å². The summed E-state index contributed by atoms with van der Waals surface area (Å²) in [6.07, 6.45) is 0. The van der Waals surface area contributed by atoms with Crippen molar-refractivity contribution in [2.45, 2.75) is 31.1 Å². The molecule has 182 valence electrons. The number of amides is 1. The van der Waals surface area contributed by atoms with Crippen molar-refractivity contribution in [1.29, 1.82) is 0 Å². The predicted octanol–water partition coefficient (Wildman–Crippen LogP) is 5.39. The zero-order chi connectivity index (χ0) is 25.2. The number of anilines is 1. The molecule has 8 heteroatoms. The molecule has 1 heterocycles. The summed E-state index contributed by atoms with van der Waals surface area (Å²) < 4.78 is 29.7. The molecule has 0 aliphatic rings. The minimum atomic E-state index is -3.80. The molecule has 6 nitrogen and oxygen atoms in total. The van der Waals surface area contributed by atoms with Gasteiger partial charge >= 0.3 is 0 Å². The number of hydrogen-bond acceptors (Lipinski definition) is 5. The molecule has 1 amide bonds. The van der Waals surface area contributed by atoms with E-state index in [1.54, 1.807) is 24.3 Å². The first kappa shape index (κ1) is 24.9.